The molecule has 3 nitrogen and oxygen atoms in total. The minimum absolute atomic E-state index is 0.264. The molecule has 3 heteroatoms. The Bertz CT molecular complexity index is 203. The Morgan fingerprint density at radius 2 is 2.21 bits per heavy atom. The van der Waals surface area contributed by atoms with Gasteiger partial charge in [-0.2, -0.15) is 0 Å². The number of hydrogen-bond acceptors (Lipinski definition) is 2. The average molecular weight is 198 g/mol. The van der Waals surface area contributed by atoms with Crippen molar-refractivity contribution < 1.29 is 4.79 Å². The van der Waals surface area contributed by atoms with Crippen molar-refractivity contribution in [1.29, 1.82) is 0 Å². The van der Waals surface area contributed by atoms with Gasteiger partial charge in [0.25, 0.3) is 0 Å². The highest BCUT2D eigenvalue weighted by molar-refractivity contribution is 5.75. The molecule has 0 aromatic carbocycles. The van der Waals surface area contributed by atoms with Gasteiger partial charge in [-0.1, -0.05) is 6.92 Å². The van der Waals surface area contributed by atoms with Gasteiger partial charge in [-0.15, -0.1) is 0 Å². The number of hydrogen-bond donors (Lipinski definition) is 0. The molecule has 14 heavy (non-hydrogen) atoms. The van der Waals surface area contributed by atoms with Crippen LogP contribution in [0.3, 0.4) is 0 Å². The fourth-order valence-electron chi connectivity index (χ4n) is 2.01. The summed E-state index contributed by atoms with van der Waals surface area (Å²) in [5.41, 5.74) is 0. The van der Waals surface area contributed by atoms with Gasteiger partial charge in [0.15, 0.2) is 0 Å². The van der Waals surface area contributed by atoms with Crippen molar-refractivity contribution in [2.75, 3.05) is 20.1 Å². The molecule has 0 N–H and O–H groups in total. The summed E-state index contributed by atoms with van der Waals surface area (Å²) in [7, 11) is 1.93. The van der Waals surface area contributed by atoms with Crippen molar-refractivity contribution in [2.45, 2.75) is 45.7 Å². The number of rotatable bonds is 3. The van der Waals surface area contributed by atoms with Crippen molar-refractivity contribution in [2.24, 2.45) is 0 Å². The number of likely N-dealkylation sites (tertiary alicyclic amines) is 1. The van der Waals surface area contributed by atoms with Gasteiger partial charge >= 0.3 is 0 Å². The van der Waals surface area contributed by atoms with Crippen LogP contribution in [-0.4, -0.2) is 47.9 Å². The summed E-state index contributed by atoms with van der Waals surface area (Å²) >= 11 is 0. The molecule has 1 fully saturated rings. The van der Waals surface area contributed by atoms with Crippen molar-refractivity contribution in [3.8, 4) is 0 Å². The van der Waals surface area contributed by atoms with Crippen LogP contribution in [0.2, 0.25) is 0 Å². The highest BCUT2D eigenvalue weighted by Crippen LogP contribution is 2.17. The molecule has 1 atom stereocenters. The van der Waals surface area contributed by atoms with Crippen molar-refractivity contribution in [3.05, 3.63) is 0 Å². The molecule has 1 amide bonds. The third kappa shape index (κ3) is 2.47. The number of nitrogens with zero attached hydrogens (tertiary/aromatic N) is 2. The summed E-state index contributed by atoms with van der Waals surface area (Å²) < 4.78 is 0. The summed E-state index contributed by atoms with van der Waals surface area (Å²) in [5, 5.41) is 0. The molecule has 1 saturated heterocycles. The van der Waals surface area contributed by atoms with Crippen LogP contribution in [0.25, 0.3) is 0 Å². The zero-order valence-electron chi connectivity index (χ0n) is 9.79. The normalized spacial score (nSPS) is 23.1. The van der Waals surface area contributed by atoms with Crippen LogP contribution < -0.4 is 0 Å². The maximum atomic E-state index is 11.5. The van der Waals surface area contributed by atoms with Gasteiger partial charge in [0.1, 0.15) is 0 Å². The van der Waals surface area contributed by atoms with E-state index in [1.165, 1.54) is 0 Å². The number of carbonyl (C=O) groups excluding carboxylic acids is 1. The molecule has 0 bridgehead atoms. The van der Waals surface area contributed by atoms with E-state index in [0.717, 1.165) is 19.5 Å². The van der Waals surface area contributed by atoms with Crippen LogP contribution in [0, 0.1) is 0 Å². The maximum Gasteiger partial charge on any atom is 0.222 e. The van der Waals surface area contributed by atoms with E-state index in [-0.39, 0.29) is 5.91 Å². The van der Waals surface area contributed by atoms with Gasteiger partial charge in [-0.3, -0.25) is 9.69 Å². The highest BCUT2D eigenvalue weighted by atomic mass is 16.2. The second-order valence-electron chi connectivity index (χ2n) is 4.39. The van der Waals surface area contributed by atoms with Gasteiger partial charge in [0.05, 0.1) is 0 Å². The molecule has 0 radical (unpaired) electrons. The predicted octanol–water partition coefficient (Wildman–Crippen LogP) is 1.34. The van der Waals surface area contributed by atoms with Crippen molar-refractivity contribution in [3.63, 3.8) is 0 Å². The summed E-state index contributed by atoms with van der Waals surface area (Å²) in [6, 6.07) is 1.04. The van der Waals surface area contributed by atoms with Gasteiger partial charge < -0.3 is 4.90 Å². The molecule has 82 valence electrons. The topological polar surface area (TPSA) is 23.6 Å². The van der Waals surface area contributed by atoms with Gasteiger partial charge in [0.2, 0.25) is 5.91 Å². The largest absolute Gasteiger partial charge is 0.341 e. The SMILES string of the molecule is CCC(=O)N(C)[C@H]1CCN(C(C)C)C1. The second kappa shape index (κ2) is 4.78. The Morgan fingerprint density at radius 1 is 1.57 bits per heavy atom. The van der Waals surface area contributed by atoms with E-state index in [1.807, 2.05) is 18.9 Å². The molecule has 0 aliphatic carbocycles. The Kier molecular flexibility index (Phi) is 3.93. The van der Waals surface area contributed by atoms with Gasteiger partial charge in [-0.25, -0.2) is 0 Å². The van der Waals surface area contributed by atoms with E-state index in [1.54, 1.807) is 0 Å². The monoisotopic (exact) mass is 198 g/mol. The number of amides is 1. The molecule has 1 heterocycles. The lowest BCUT2D eigenvalue weighted by Crippen LogP contribution is -2.39. The predicted molar refractivity (Wildman–Crippen MR) is 58.2 cm³/mol. The Balaban J connectivity index is 2.45. The zero-order chi connectivity index (χ0) is 10.7. The van der Waals surface area contributed by atoms with Crippen LogP contribution in [0.1, 0.15) is 33.6 Å². The summed E-state index contributed by atoms with van der Waals surface area (Å²) in [6.07, 6.45) is 1.75. The molecule has 1 rings (SSSR count). The highest BCUT2D eigenvalue weighted by Gasteiger charge is 2.28. The molecular formula is C11H22N2O. The lowest BCUT2D eigenvalue weighted by Gasteiger charge is -2.25. The van der Waals surface area contributed by atoms with E-state index >= 15 is 0 Å². The summed E-state index contributed by atoms with van der Waals surface area (Å²) in [5.74, 6) is 0.264. The van der Waals surface area contributed by atoms with E-state index in [9.17, 15) is 4.79 Å². The molecule has 0 saturated carbocycles. The standard InChI is InChI=1S/C11H22N2O/c1-5-11(14)12(4)10-6-7-13(8-10)9(2)3/h9-10H,5-8H2,1-4H3/t10-/m0/s1. The van der Waals surface area contributed by atoms with Crippen LogP contribution in [0.4, 0.5) is 0 Å². The summed E-state index contributed by atoms with van der Waals surface area (Å²) in [4.78, 5) is 15.8. The average Bonchev–Trinajstić information content (AvgIpc) is 2.64. The second-order valence-corrected chi connectivity index (χ2v) is 4.39. The molecule has 1 aliphatic rings. The molecular weight excluding hydrogens is 176 g/mol. The molecule has 0 spiro atoms. The Morgan fingerprint density at radius 3 is 2.64 bits per heavy atom. The minimum Gasteiger partial charge on any atom is -0.341 e. The Hall–Kier alpha value is -0.570. The molecule has 0 unspecified atom stereocenters. The maximum absolute atomic E-state index is 11.5. The van der Waals surface area contributed by atoms with E-state index < -0.39 is 0 Å². The fourth-order valence-corrected chi connectivity index (χ4v) is 2.01. The first-order valence-electron chi connectivity index (χ1n) is 5.56. The van der Waals surface area contributed by atoms with Gasteiger partial charge in [-0.05, 0) is 20.3 Å². The third-order valence-electron chi connectivity index (χ3n) is 3.17. The van der Waals surface area contributed by atoms with Gasteiger partial charge in [0, 0.05) is 38.6 Å². The van der Waals surface area contributed by atoms with Crippen LogP contribution in [0.15, 0.2) is 0 Å². The molecule has 0 aromatic heterocycles. The van der Waals surface area contributed by atoms with Crippen LogP contribution in [-0.2, 0) is 4.79 Å². The van der Waals surface area contributed by atoms with E-state index in [2.05, 4.69) is 18.7 Å². The van der Waals surface area contributed by atoms with E-state index in [4.69, 9.17) is 0 Å². The molecule has 0 aromatic rings. The van der Waals surface area contributed by atoms with Crippen LogP contribution in [0.5, 0.6) is 0 Å². The van der Waals surface area contributed by atoms with E-state index in [0.29, 0.717) is 18.5 Å². The first-order chi connectivity index (χ1) is 6.56. The van der Waals surface area contributed by atoms with Crippen molar-refractivity contribution >= 4 is 5.91 Å². The quantitative estimate of drug-likeness (QED) is 0.683. The van der Waals surface area contributed by atoms with Crippen LogP contribution >= 0.6 is 0 Å². The first-order valence-corrected chi connectivity index (χ1v) is 5.56. The van der Waals surface area contributed by atoms with Crippen molar-refractivity contribution in [1.82, 2.24) is 9.80 Å². The molecule has 1 aliphatic heterocycles. The lowest BCUT2D eigenvalue weighted by atomic mass is 10.2. The Labute approximate surface area is 87.1 Å². The number of carbonyl (C=O) groups is 1. The lowest BCUT2D eigenvalue weighted by molar-refractivity contribution is -0.131. The minimum atomic E-state index is 0.264. The first kappa shape index (κ1) is 11.5. The zero-order valence-corrected chi connectivity index (χ0v) is 9.79. The smallest absolute Gasteiger partial charge is 0.222 e. The number of likely N-dealkylation sites (N-methyl/N-ethyl adjacent to an activating group) is 1. The third-order valence-corrected chi connectivity index (χ3v) is 3.17. The summed E-state index contributed by atoms with van der Waals surface area (Å²) in [6.45, 7) is 8.52. The fraction of sp³-hybridized carbons (Fsp3) is 0.909.